The molecule has 1 unspecified atom stereocenters. The zero-order chi connectivity index (χ0) is 13.8. The summed E-state index contributed by atoms with van der Waals surface area (Å²) in [5.74, 6) is 1.65. The molecule has 0 saturated carbocycles. The summed E-state index contributed by atoms with van der Waals surface area (Å²) in [7, 11) is 0. The largest absolute Gasteiger partial charge is 0.454 e. The number of fused-ring (bicyclic) bond motifs is 1. The van der Waals surface area contributed by atoms with Crippen LogP contribution >= 0.6 is 0 Å². The minimum absolute atomic E-state index is 0.231. The Bertz CT molecular complexity index is 421. The van der Waals surface area contributed by atoms with Crippen molar-refractivity contribution >= 4 is 0 Å². The molecule has 0 aromatic heterocycles. The van der Waals surface area contributed by atoms with Crippen LogP contribution in [0, 0.1) is 0 Å². The predicted molar refractivity (Wildman–Crippen MR) is 76.5 cm³/mol. The van der Waals surface area contributed by atoms with E-state index >= 15 is 0 Å². The van der Waals surface area contributed by atoms with Crippen LogP contribution in [-0.2, 0) is 0 Å². The van der Waals surface area contributed by atoms with E-state index in [2.05, 4.69) is 37.8 Å². The molecule has 2 rings (SSSR count). The Labute approximate surface area is 115 Å². The SMILES string of the molecule is CCCN(C(C)C)C(CN)c1ccc2c(c1)OCO2. The van der Waals surface area contributed by atoms with Crippen molar-refractivity contribution in [1.82, 2.24) is 4.90 Å². The molecule has 1 aliphatic rings. The molecule has 0 amide bonds. The first-order valence-electron chi connectivity index (χ1n) is 7.02. The quantitative estimate of drug-likeness (QED) is 0.857. The van der Waals surface area contributed by atoms with Gasteiger partial charge in [0.15, 0.2) is 11.5 Å². The highest BCUT2D eigenvalue weighted by Gasteiger charge is 2.23. The molecule has 106 valence electrons. The monoisotopic (exact) mass is 264 g/mol. The van der Waals surface area contributed by atoms with Gasteiger partial charge in [0.25, 0.3) is 0 Å². The van der Waals surface area contributed by atoms with Gasteiger partial charge in [-0.1, -0.05) is 13.0 Å². The maximum atomic E-state index is 6.01. The molecule has 0 aliphatic carbocycles. The second-order valence-corrected chi connectivity index (χ2v) is 5.20. The number of rotatable bonds is 6. The van der Waals surface area contributed by atoms with Gasteiger partial charge in [0, 0.05) is 18.6 Å². The predicted octanol–water partition coefficient (Wildman–Crippen LogP) is 2.54. The molecular weight excluding hydrogens is 240 g/mol. The summed E-state index contributed by atoms with van der Waals surface area (Å²) in [5.41, 5.74) is 7.21. The van der Waals surface area contributed by atoms with E-state index in [1.54, 1.807) is 0 Å². The van der Waals surface area contributed by atoms with Gasteiger partial charge in [-0.25, -0.2) is 0 Å². The highest BCUT2D eigenvalue weighted by Crippen LogP contribution is 2.35. The molecule has 1 aromatic carbocycles. The zero-order valence-electron chi connectivity index (χ0n) is 12.1. The van der Waals surface area contributed by atoms with Crippen molar-refractivity contribution in [2.24, 2.45) is 5.73 Å². The fourth-order valence-corrected chi connectivity index (χ4v) is 2.62. The van der Waals surface area contributed by atoms with Gasteiger partial charge in [-0.05, 0) is 44.5 Å². The van der Waals surface area contributed by atoms with E-state index in [9.17, 15) is 0 Å². The number of ether oxygens (including phenoxy) is 2. The Balaban J connectivity index is 2.25. The average Bonchev–Trinajstić information content (AvgIpc) is 2.85. The Kier molecular flexibility index (Phi) is 4.66. The third-order valence-corrected chi connectivity index (χ3v) is 3.55. The summed E-state index contributed by atoms with van der Waals surface area (Å²) in [6.45, 7) is 8.60. The fourth-order valence-electron chi connectivity index (χ4n) is 2.62. The molecule has 0 bridgehead atoms. The van der Waals surface area contributed by atoms with Crippen molar-refractivity contribution in [3.63, 3.8) is 0 Å². The molecule has 1 heterocycles. The van der Waals surface area contributed by atoms with Gasteiger partial charge in [-0.15, -0.1) is 0 Å². The Hall–Kier alpha value is -1.26. The Morgan fingerprint density at radius 2 is 2.00 bits per heavy atom. The molecule has 1 aliphatic heterocycles. The van der Waals surface area contributed by atoms with E-state index in [1.807, 2.05) is 6.07 Å². The summed E-state index contributed by atoms with van der Waals surface area (Å²) in [6.07, 6.45) is 1.12. The molecule has 4 heteroatoms. The van der Waals surface area contributed by atoms with Crippen LogP contribution in [-0.4, -0.2) is 30.8 Å². The first-order chi connectivity index (χ1) is 9.17. The fraction of sp³-hybridized carbons (Fsp3) is 0.600. The van der Waals surface area contributed by atoms with E-state index in [4.69, 9.17) is 15.2 Å². The third kappa shape index (κ3) is 3.01. The van der Waals surface area contributed by atoms with Crippen LogP contribution in [0.1, 0.15) is 38.8 Å². The molecule has 2 N–H and O–H groups in total. The standard InChI is InChI=1S/C15H24N2O2/c1-4-7-17(11(2)3)13(9-16)12-5-6-14-15(8-12)19-10-18-14/h5-6,8,11,13H,4,7,9-10,16H2,1-3H3. The van der Waals surface area contributed by atoms with Gasteiger partial charge in [0.1, 0.15) is 0 Å². The van der Waals surface area contributed by atoms with Crippen molar-refractivity contribution in [2.45, 2.75) is 39.3 Å². The normalized spacial score (nSPS) is 15.3. The molecule has 0 saturated heterocycles. The van der Waals surface area contributed by atoms with Crippen molar-refractivity contribution in [1.29, 1.82) is 0 Å². The van der Waals surface area contributed by atoms with Gasteiger partial charge in [0.05, 0.1) is 0 Å². The van der Waals surface area contributed by atoms with E-state index < -0.39 is 0 Å². The zero-order valence-corrected chi connectivity index (χ0v) is 12.1. The maximum absolute atomic E-state index is 6.01. The topological polar surface area (TPSA) is 47.7 Å². The lowest BCUT2D eigenvalue weighted by molar-refractivity contribution is 0.157. The number of benzene rings is 1. The van der Waals surface area contributed by atoms with Crippen LogP contribution in [0.25, 0.3) is 0 Å². The van der Waals surface area contributed by atoms with Crippen molar-refractivity contribution in [3.8, 4) is 11.5 Å². The first kappa shape index (κ1) is 14.2. The highest BCUT2D eigenvalue weighted by atomic mass is 16.7. The van der Waals surface area contributed by atoms with Gasteiger partial charge in [-0.3, -0.25) is 4.90 Å². The number of hydrogen-bond acceptors (Lipinski definition) is 4. The average molecular weight is 264 g/mol. The molecule has 0 fully saturated rings. The smallest absolute Gasteiger partial charge is 0.231 e. The lowest BCUT2D eigenvalue weighted by atomic mass is 10.0. The van der Waals surface area contributed by atoms with Gasteiger partial charge in [-0.2, -0.15) is 0 Å². The minimum Gasteiger partial charge on any atom is -0.454 e. The van der Waals surface area contributed by atoms with Gasteiger partial charge in [0.2, 0.25) is 6.79 Å². The molecule has 4 nitrogen and oxygen atoms in total. The second-order valence-electron chi connectivity index (χ2n) is 5.20. The van der Waals surface area contributed by atoms with Crippen LogP contribution in [0.2, 0.25) is 0 Å². The maximum Gasteiger partial charge on any atom is 0.231 e. The lowest BCUT2D eigenvalue weighted by Crippen LogP contribution is -2.39. The van der Waals surface area contributed by atoms with Crippen LogP contribution in [0.5, 0.6) is 11.5 Å². The molecule has 19 heavy (non-hydrogen) atoms. The summed E-state index contributed by atoms with van der Waals surface area (Å²) in [5, 5.41) is 0. The summed E-state index contributed by atoms with van der Waals surface area (Å²) in [6, 6.07) is 6.83. The summed E-state index contributed by atoms with van der Waals surface area (Å²) >= 11 is 0. The van der Waals surface area contributed by atoms with Gasteiger partial charge < -0.3 is 15.2 Å². The number of hydrogen-bond donors (Lipinski definition) is 1. The second kappa shape index (κ2) is 6.26. The van der Waals surface area contributed by atoms with Crippen LogP contribution in [0.15, 0.2) is 18.2 Å². The van der Waals surface area contributed by atoms with E-state index in [0.29, 0.717) is 19.4 Å². The van der Waals surface area contributed by atoms with E-state index in [1.165, 1.54) is 5.56 Å². The molecule has 1 aromatic rings. The van der Waals surface area contributed by atoms with Crippen molar-refractivity contribution < 1.29 is 9.47 Å². The molecule has 0 spiro atoms. The summed E-state index contributed by atoms with van der Waals surface area (Å²) in [4.78, 5) is 2.44. The first-order valence-corrected chi connectivity index (χ1v) is 7.02. The molecule has 0 radical (unpaired) electrons. The third-order valence-electron chi connectivity index (χ3n) is 3.55. The molecule has 1 atom stereocenters. The Morgan fingerprint density at radius 3 is 2.63 bits per heavy atom. The number of nitrogens with two attached hydrogens (primary N) is 1. The van der Waals surface area contributed by atoms with E-state index in [-0.39, 0.29) is 6.04 Å². The van der Waals surface area contributed by atoms with Crippen LogP contribution < -0.4 is 15.2 Å². The molecular formula is C15H24N2O2. The van der Waals surface area contributed by atoms with Crippen LogP contribution in [0.3, 0.4) is 0 Å². The minimum atomic E-state index is 0.231. The van der Waals surface area contributed by atoms with Crippen LogP contribution in [0.4, 0.5) is 0 Å². The van der Waals surface area contributed by atoms with Gasteiger partial charge >= 0.3 is 0 Å². The Morgan fingerprint density at radius 1 is 1.26 bits per heavy atom. The lowest BCUT2D eigenvalue weighted by Gasteiger charge is -2.34. The number of nitrogens with zero attached hydrogens (tertiary/aromatic N) is 1. The highest BCUT2D eigenvalue weighted by molar-refractivity contribution is 5.45. The van der Waals surface area contributed by atoms with Crippen molar-refractivity contribution in [2.75, 3.05) is 19.9 Å². The van der Waals surface area contributed by atoms with Crippen molar-refractivity contribution in [3.05, 3.63) is 23.8 Å². The van der Waals surface area contributed by atoms with E-state index in [0.717, 1.165) is 24.5 Å². The summed E-state index contributed by atoms with van der Waals surface area (Å²) < 4.78 is 10.8.